The van der Waals surface area contributed by atoms with Gasteiger partial charge in [-0.3, -0.25) is 20.2 Å². The summed E-state index contributed by atoms with van der Waals surface area (Å²) in [7, 11) is 1.13. The van der Waals surface area contributed by atoms with E-state index in [1.165, 1.54) is 6.92 Å². The average Bonchev–Trinajstić information content (AvgIpc) is 2.19. The summed E-state index contributed by atoms with van der Waals surface area (Å²) in [5.74, 6) is -1.01. The maximum Gasteiger partial charge on any atom is 0.324 e. The highest BCUT2D eigenvalue weighted by molar-refractivity contribution is 5.67. The predicted octanol–water partition coefficient (Wildman–Crippen LogP) is 1.53. The van der Waals surface area contributed by atoms with Crippen molar-refractivity contribution in [2.24, 2.45) is 0 Å². The average molecular weight is 228 g/mol. The molecule has 8 nitrogen and oxygen atoms in total. The lowest BCUT2D eigenvalue weighted by Gasteiger charge is -2.06. The first-order chi connectivity index (χ1) is 7.40. The molecular formula is C8H8N2O6. The second-order valence-corrected chi connectivity index (χ2v) is 2.94. The van der Waals surface area contributed by atoms with Gasteiger partial charge in [-0.05, 0) is 6.92 Å². The third-order valence-electron chi connectivity index (χ3n) is 2.04. The van der Waals surface area contributed by atoms with Crippen molar-refractivity contribution in [1.29, 1.82) is 0 Å². The minimum atomic E-state index is -0.832. The van der Waals surface area contributed by atoms with Crippen LogP contribution in [0.3, 0.4) is 0 Å². The van der Waals surface area contributed by atoms with Crippen LogP contribution in [0.25, 0.3) is 0 Å². The van der Waals surface area contributed by atoms with Gasteiger partial charge in [0.2, 0.25) is 5.75 Å². The van der Waals surface area contributed by atoms with Crippen molar-refractivity contribution in [2.75, 3.05) is 7.11 Å². The Bertz CT molecular complexity index is 470. The number of hydrogen-bond donors (Lipinski definition) is 1. The molecule has 0 radical (unpaired) electrons. The molecule has 16 heavy (non-hydrogen) atoms. The van der Waals surface area contributed by atoms with Gasteiger partial charge in [0.15, 0.2) is 5.75 Å². The summed E-state index contributed by atoms with van der Waals surface area (Å²) in [6.07, 6.45) is 0. The van der Waals surface area contributed by atoms with E-state index in [4.69, 9.17) is 0 Å². The zero-order valence-corrected chi connectivity index (χ0v) is 8.46. The summed E-state index contributed by atoms with van der Waals surface area (Å²) in [6.45, 7) is 1.22. The lowest BCUT2D eigenvalue weighted by molar-refractivity contribution is -0.395. The van der Waals surface area contributed by atoms with Crippen LogP contribution in [-0.4, -0.2) is 22.1 Å². The topological polar surface area (TPSA) is 116 Å². The van der Waals surface area contributed by atoms with Gasteiger partial charge in [-0.2, -0.15) is 0 Å². The van der Waals surface area contributed by atoms with Crippen molar-refractivity contribution in [1.82, 2.24) is 0 Å². The predicted molar refractivity (Wildman–Crippen MR) is 52.7 cm³/mol. The Hall–Kier alpha value is -2.38. The molecule has 0 aliphatic carbocycles. The van der Waals surface area contributed by atoms with Gasteiger partial charge in [0, 0.05) is 0 Å². The van der Waals surface area contributed by atoms with Gasteiger partial charge in [0.25, 0.3) is 5.69 Å². The lowest BCUT2D eigenvalue weighted by Crippen LogP contribution is -2.00. The molecule has 86 valence electrons. The second kappa shape index (κ2) is 4.01. The van der Waals surface area contributed by atoms with Crippen molar-refractivity contribution in [3.8, 4) is 11.5 Å². The molecule has 1 N–H and O–H groups in total. The van der Waals surface area contributed by atoms with Crippen LogP contribution >= 0.6 is 0 Å². The van der Waals surface area contributed by atoms with Crippen LogP contribution in [-0.2, 0) is 0 Å². The number of nitro groups is 2. The third kappa shape index (κ3) is 1.72. The van der Waals surface area contributed by atoms with Gasteiger partial charge in [0.1, 0.15) is 5.56 Å². The van der Waals surface area contributed by atoms with Crippen molar-refractivity contribution in [3.05, 3.63) is 31.9 Å². The number of methoxy groups -OCH3 is 1. The van der Waals surface area contributed by atoms with Crippen molar-refractivity contribution in [2.45, 2.75) is 6.92 Å². The Morgan fingerprint density at radius 3 is 2.25 bits per heavy atom. The summed E-state index contributed by atoms with van der Waals surface area (Å²) in [6, 6.07) is 0.821. The Kier molecular flexibility index (Phi) is 2.93. The summed E-state index contributed by atoms with van der Waals surface area (Å²) in [4.78, 5) is 19.7. The van der Waals surface area contributed by atoms with Gasteiger partial charge in [-0.15, -0.1) is 0 Å². The molecule has 0 spiro atoms. The molecule has 0 aliphatic heterocycles. The quantitative estimate of drug-likeness (QED) is 0.619. The number of rotatable bonds is 3. The van der Waals surface area contributed by atoms with Gasteiger partial charge in [-0.1, -0.05) is 0 Å². The second-order valence-electron chi connectivity index (χ2n) is 2.94. The largest absolute Gasteiger partial charge is 0.504 e. The van der Waals surface area contributed by atoms with Crippen molar-refractivity contribution in [3.63, 3.8) is 0 Å². The fourth-order valence-corrected chi connectivity index (χ4v) is 1.33. The van der Waals surface area contributed by atoms with Crippen molar-refractivity contribution >= 4 is 11.4 Å². The van der Waals surface area contributed by atoms with Crippen molar-refractivity contribution < 1.29 is 19.7 Å². The zero-order chi connectivity index (χ0) is 12.5. The Morgan fingerprint density at radius 1 is 1.31 bits per heavy atom. The first kappa shape index (κ1) is 11.7. The lowest BCUT2D eigenvalue weighted by atomic mass is 10.1. The van der Waals surface area contributed by atoms with E-state index in [1.807, 2.05) is 0 Å². The van der Waals surface area contributed by atoms with E-state index in [9.17, 15) is 25.3 Å². The standard InChI is InChI=1S/C8H8N2O6/c1-4-5(9(12)13)3-6(11)8(16-2)7(4)10(14)15/h3,11H,1-2H3. The summed E-state index contributed by atoms with van der Waals surface area (Å²) < 4.78 is 4.64. The molecule has 0 unspecified atom stereocenters. The van der Waals surface area contributed by atoms with E-state index in [-0.39, 0.29) is 11.3 Å². The van der Waals surface area contributed by atoms with Gasteiger partial charge in [-0.25, -0.2) is 0 Å². The molecular weight excluding hydrogens is 220 g/mol. The van der Waals surface area contributed by atoms with E-state index in [0.29, 0.717) is 0 Å². The molecule has 0 atom stereocenters. The molecule has 0 fully saturated rings. The molecule has 0 saturated heterocycles. The number of ether oxygens (including phenoxy) is 1. The first-order valence-corrected chi connectivity index (χ1v) is 4.09. The number of phenols is 1. The van der Waals surface area contributed by atoms with E-state index in [1.54, 1.807) is 0 Å². The fourth-order valence-electron chi connectivity index (χ4n) is 1.33. The Labute approximate surface area is 89.4 Å². The SMILES string of the molecule is COc1c(O)cc([N+](=O)[O-])c(C)c1[N+](=O)[O-]. The number of benzene rings is 1. The molecule has 0 saturated carbocycles. The Balaban J connectivity index is 3.65. The van der Waals surface area contributed by atoms with Crippen LogP contribution in [0.5, 0.6) is 11.5 Å². The van der Waals surface area contributed by atoms with Gasteiger partial charge < -0.3 is 9.84 Å². The third-order valence-corrected chi connectivity index (χ3v) is 2.04. The minimum Gasteiger partial charge on any atom is -0.504 e. The number of nitro benzene ring substituents is 2. The maximum absolute atomic E-state index is 10.7. The monoisotopic (exact) mass is 228 g/mol. The fraction of sp³-hybridized carbons (Fsp3) is 0.250. The first-order valence-electron chi connectivity index (χ1n) is 4.09. The summed E-state index contributed by atoms with van der Waals surface area (Å²) >= 11 is 0. The van der Waals surface area contributed by atoms with Crippen LogP contribution in [0.15, 0.2) is 6.07 Å². The number of nitrogens with zero attached hydrogens (tertiary/aromatic N) is 2. The number of aromatic hydroxyl groups is 1. The number of phenolic OH excluding ortho intramolecular Hbond substituents is 1. The van der Waals surface area contributed by atoms with E-state index >= 15 is 0 Å². The highest BCUT2D eigenvalue weighted by Crippen LogP contribution is 2.43. The maximum atomic E-state index is 10.7. The van der Waals surface area contributed by atoms with E-state index in [2.05, 4.69) is 4.74 Å². The summed E-state index contributed by atoms with van der Waals surface area (Å²) in [5.41, 5.74) is -1.29. The molecule has 1 rings (SSSR count). The molecule has 0 heterocycles. The van der Waals surface area contributed by atoms with Crippen LogP contribution < -0.4 is 4.74 Å². The van der Waals surface area contributed by atoms with Gasteiger partial charge in [0.05, 0.1) is 23.0 Å². The van der Waals surface area contributed by atoms with Crippen LogP contribution in [0.2, 0.25) is 0 Å². The van der Waals surface area contributed by atoms with E-state index < -0.39 is 27.0 Å². The summed E-state index contributed by atoms with van der Waals surface area (Å²) in [5, 5.41) is 30.7. The molecule has 0 amide bonds. The van der Waals surface area contributed by atoms with Crippen LogP contribution in [0.1, 0.15) is 5.56 Å². The minimum absolute atomic E-state index is 0.162. The molecule has 0 aromatic heterocycles. The van der Waals surface area contributed by atoms with Crippen LogP contribution in [0, 0.1) is 27.2 Å². The Morgan fingerprint density at radius 2 is 1.88 bits per heavy atom. The molecule has 8 heteroatoms. The normalized spacial score (nSPS) is 9.88. The van der Waals surface area contributed by atoms with Gasteiger partial charge >= 0.3 is 5.69 Å². The zero-order valence-electron chi connectivity index (χ0n) is 8.46. The highest BCUT2D eigenvalue weighted by Gasteiger charge is 2.30. The molecule has 0 aliphatic rings. The van der Waals surface area contributed by atoms with Crippen LogP contribution in [0.4, 0.5) is 11.4 Å². The molecule has 0 bridgehead atoms. The smallest absolute Gasteiger partial charge is 0.324 e. The van der Waals surface area contributed by atoms with E-state index in [0.717, 1.165) is 13.2 Å². The molecule has 1 aromatic rings. The highest BCUT2D eigenvalue weighted by atomic mass is 16.6. The molecule has 1 aromatic carbocycles. The number of hydrogen-bond acceptors (Lipinski definition) is 6.